The molecule has 3 aromatic rings. The lowest BCUT2D eigenvalue weighted by molar-refractivity contribution is -0.149. The van der Waals surface area contributed by atoms with Gasteiger partial charge in [0.1, 0.15) is 18.1 Å². The molecule has 1 unspecified atom stereocenters. The number of carbonyl (C=O) groups is 2. The maximum absolute atomic E-state index is 13.0. The highest BCUT2D eigenvalue weighted by Crippen LogP contribution is 2.25. The number of rotatable bonds is 16. The van der Waals surface area contributed by atoms with Crippen LogP contribution in [0.5, 0.6) is 17.2 Å². The van der Waals surface area contributed by atoms with Crippen molar-refractivity contribution in [3.05, 3.63) is 87.4 Å². The molecule has 0 heterocycles. The molecule has 1 amide bonds. The molecule has 1 N–H and O–H groups in total. The first kappa shape index (κ1) is 32.3. The van der Waals surface area contributed by atoms with Crippen molar-refractivity contribution in [3.8, 4) is 17.2 Å². The molecule has 220 valence electrons. The molecule has 1 atom stereocenters. The Hall–Kier alpha value is -3.17. The molecule has 0 spiro atoms. The number of aliphatic carboxylic acids is 1. The zero-order valence-corrected chi connectivity index (χ0v) is 24.8. The number of ether oxygens (including phenoxy) is 4. The van der Waals surface area contributed by atoms with Crippen molar-refractivity contribution < 1.29 is 33.6 Å². The van der Waals surface area contributed by atoms with E-state index in [4.69, 9.17) is 53.8 Å². The third-order valence-corrected chi connectivity index (χ3v) is 6.59. The summed E-state index contributed by atoms with van der Waals surface area (Å²) >= 11 is 18.2. The predicted octanol–water partition coefficient (Wildman–Crippen LogP) is 7.42. The van der Waals surface area contributed by atoms with Gasteiger partial charge in [0.25, 0.3) is 0 Å². The van der Waals surface area contributed by atoms with Crippen molar-refractivity contribution in [2.24, 2.45) is 0 Å². The monoisotopic (exact) mass is 623 g/mol. The number of carbonyl (C=O) groups excluding carboxylic acids is 1. The quantitative estimate of drug-likeness (QED) is 0.166. The fraction of sp³-hybridized carbons (Fsp3) is 0.333. The summed E-state index contributed by atoms with van der Waals surface area (Å²) in [6.45, 7) is 3.37. The van der Waals surface area contributed by atoms with Crippen molar-refractivity contribution in [1.29, 1.82) is 0 Å². The van der Waals surface area contributed by atoms with E-state index in [1.807, 2.05) is 0 Å². The lowest BCUT2D eigenvalue weighted by Gasteiger charge is -2.22. The lowest BCUT2D eigenvalue weighted by atomic mass is 10.1. The normalized spacial score (nSPS) is 11.5. The smallest absolute Gasteiger partial charge is 0.415 e. The molecule has 0 bridgehead atoms. The second-order valence-electron chi connectivity index (χ2n) is 8.92. The van der Waals surface area contributed by atoms with E-state index < -0.39 is 18.2 Å². The average molecular weight is 625 g/mol. The van der Waals surface area contributed by atoms with Crippen molar-refractivity contribution in [3.63, 3.8) is 0 Å². The number of hydrogen-bond donors (Lipinski definition) is 1. The van der Waals surface area contributed by atoms with Crippen LogP contribution < -0.4 is 14.2 Å². The van der Waals surface area contributed by atoms with Crippen molar-refractivity contribution in [1.82, 2.24) is 4.90 Å². The number of para-hydroxylation sites is 1. The standard InChI is InChI=1S/C30H32Cl3NO7/c1-2-38-28(29(35)36)17-21-9-11-24(12-10-21)40-16-14-34(30(37)41-27-8-4-3-7-26(27)33)13-5-6-15-39-25-19-22(31)18-23(32)20-25/h3-4,7-12,18-20,28H,2,5-6,13-17H2,1H3,(H,35,36). The summed E-state index contributed by atoms with van der Waals surface area (Å²) < 4.78 is 22.4. The molecule has 3 aromatic carbocycles. The Kier molecular flexibility index (Phi) is 13.4. The molecule has 0 radical (unpaired) electrons. The van der Waals surface area contributed by atoms with Crippen molar-refractivity contribution >= 4 is 46.9 Å². The van der Waals surface area contributed by atoms with E-state index in [-0.39, 0.29) is 25.3 Å². The maximum Gasteiger partial charge on any atom is 0.415 e. The summed E-state index contributed by atoms with van der Waals surface area (Å²) in [6, 6.07) is 18.9. The van der Waals surface area contributed by atoms with Gasteiger partial charge < -0.3 is 29.0 Å². The molecular formula is C30H32Cl3NO7. The van der Waals surface area contributed by atoms with Crippen LogP contribution in [0.4, 0.5) is 4.79 Å². The van der Waals surface area contributed by atoms with Crippen LogP contribution in [0.15, 0.2) is 66.7 Å². The van der Waals surface area contributed by atoms with Crippen LogP contribution in [-0.4, -0.2) is 61.1 Å². The third-order valence-electron chi connectivity index (χ3n) is 5.84. The van der Waals surface area contributed by atoms with E-state index in [1.165, 1.54) is 0 Å². The van der Waals surface area contributed by atoms with E-state index in [0.717, 1.165) is 5.56 Å². The molecular weight excluding hydrogens is 593 g/mol. The number of halogens is 3. The number of carboxylic acids is 1. The molecule has 0 aliphatic heterocycles. The van der Waals surface area contributed by atoms with Gasteiger partial charge in [0.05, 0.1) is 18.2 Å². The highest BCUT2D eigenvalue weighted by Gasteiger charge is 2.19. The molecule has 11 heteroatoms. The number of benzene rings is 3. The van der Waals surface area contributed by atoms with Gasteiger partial charge in [-0.1, -0.05) is 59.1 Å². The predicted molar refractivity (Wildman–Crippen MR) is 159 cm³/mol. The van der Waals surface area contributed by atoms with Gasteiger partial charge in [-0.25, -0.2) is 9.59 Å². The number of nitrogens with zero attached hydrogens (tertiary/aromatic N) is 1. The molecule has 0 aliphatic carbocycles. The Morgan fingerprint density at radius 2 is 1.54 bits per heavy atom. The van der Waals surface area contributed by atoms with E-state index in [1.54, 1.807) is 78.6 Å². The summed E-state index contributed by atoms with van der Waals surface area (Å²) in [7, 11) is 0. The number of unbranched alkanes of at least 4 members (excludes halogenated alkanes) is 1. The summed E-state index contributed by atoms with van der Waals surface area (Å²) in [5, 5.41) is 10.6. The second kappa shape index (κ2) is 16.9. The van der Waals surface area contributed by atoms with E-state index in [9.17, 15) is 14.7 Å². The van der Waals surface area contributed by atoms with Gasteiger partial charge in [-0.15, -0.1) is 0 Å². The number of hydrogen-bond acceptors (Lipinski definition) is 6. The average Bonchev–Trinajstić information content (AvgIpc) is 2.93. The van der Waals surface area contributed by atoms with Gasteiger partial charge in [-0.3, -0.25) is 0 Å². The topological polar surface area (TPSA) is 94.5 Å². The minimum atomic E-state index is -1.00. The fourth-order valence-corrected chi connectivity index (χ4v) is 4.50. The molecule has 0 aliphatic rings. The lowest BCUT2D eigenvalue weighted by Crippen LogP contribution is -2.37. The summed E-state index contributed by atoms with van der Waals surface area (Å²) in [6.07, 6.45) is 0.111. The molecule has 0 saturated heterocycles. The Bertz CT molecular complexity index is 1250. The van der Waals surface area contributed by atoms with Gasteiger partial charge in [0.2, 0.25) is 0 Å². The third kappa shape index (κ3) is 11.3. The molecule has 0 fully saturated rings. The summed E-state index contributed by atoms with van der Waals surface area (Å²) in [4.78, 5) is 25.9. The highest BCUT2D eigenvalue weighted by atomic mass is 35.5. The van der Waals surface area contributed by atoms with Gasteiger partial charge in [0, 0.05) is 29.6 Å². The van der Waals surface area contributed by atoms with Gasteiger partial charge in [-0.05, 0) is 67.8 Å². The van der Waals surface area contributed by atoms with Crippen LogP contribution in [0.1, 0.15) is 25.3 Å². The fourth-order valence-electron chi connectivity index (χ4n) is 3.82. The zero-order valence-electron chi connectivity index (χ0n) is 22.6. The van der Waals surface area contributed by atoms with Crippen LogP contribution in [-0.2, 0) is 16.0 Å². The molecule has 0 saturated carbocycles. The molecule has 0 aromatic heterocycles. The first-order valence-electron chi connectivity index (χ1n) is 13.1. The largest absolute Gasteiger partial charge is 0.493 e. The van der Waals surface area contributed by atoms with E-state index >= 15 is 0 Å². The number of amides is 1. The highest BCUT2D eigenvalue weighted by molar-refractivity contribution is 6.34. The van der Waals surface area contributed by atoms with Gasteiger partial charge in [-0.2, -0.15) is 0 Å². The first-order valence-corrected chi connectivity index (χ1v) is 14.2. The summed E-state index contributed by atoms with van der Waals surface area (Å²) in [5.41, 5.74) is 0.811. The Morgan fingerprint density at radius 1 is 0.854 bits per heavy atom. The van der Waals surface area contributed by atoms with Gasteiger partial charge in [0.15, 0.2) is 11.9 Å². The van der Waals surface area contributed by atoms with E-state index in [2.05, 4.69) is 0 Å². The SMILES string of the molecule is CCOC(Cc1ccc(OCCN(CCCCOc2cc(Cl)cc(Cl)c2)C(=O)Oc2ccccc2Cl)cc1)C(=O)O. The Morgan fingerprint density at radius 3 is 2.20 bits per heavy atom. The molecule has 8 nitrogen and oxygen atoms in total. The Balaban J connectivity index is 1.53. The second-order valence-corrected chi connectivity index (χ2v) is 10.2. The van der Waals surface area contributed by atoms with Crippen molar-refractivity contribution in [2.45, 2.75) is 32.3 Å². The van der Waals surface area contributed by atoms with Crippen LogP contribution in [0, 0.1) is 0 Å². The van der Waals surface area contributed by atoms with Crippen LogP contribution in [0.3, 0.4) is 0 Å². The molecule has 3 rings (SSSR count). The number of carboxylic acid groups (broad SMARTS) is 1. The van der Waals surface area contributed by atoms with Crippen LogP contribution >= 0.6 is 34.8 Å². The summed E-state index contributed by atoms with van der Waals surface area (Å²) in [5.74, 6) is 0.434. The molecule has 41 heavy (non-hydrogen) atoms. The Labute approximate surface area is 254 Å². The van der Waals surface area contributed by atoms with Gasteiger partial charge >= 0.3 is 12.1 Å². The first-order chi connectivity index (χ1) is 19.7. The minimum Gasteiger partial charge on any atom is -0.493 e. The van der Waals surface area contributed by atoms with Crippen LogP contribution in [0.2, 0.25) is 15.1 Å². The van der Waals surface area contributed by atoms with Crippen molar-refractivity contribution in [2.75, 3.05) is 32.9 Å². The minimum absolute atomic E-state index is 0.213. The van der Waals surface area contributed by atoms with E-state index in [0.29, 0.717) is 59.2 Å². The van der Waals surface area contributed by atoms with Crippen LogP contribution in [0.25, 0.3) is 0 Å². The zero-order chi connectivity index (χ0) is 29.6. The maximum atomic E-state index is 13.0.